The molecule has 2 aromatic heterocycles. The molecule has 2 heterocycles. The molecule has 28 heavy (non-hydrogen) atoms. The van der Waals surface area contributed by atoms with Gasteiger partial charge in [-0.2, -0.15) is 0 Å². The van der Waals surface area contributed by atoms with E-state index in [1.165, 1.54) is 17.4 Å². The van der Waals surface area contributed by atoms with Crippen molar-refractivity contribution < 1.29 is 9.21 Å². The Hall–Kier alpha value is -2.96. The molecule has 4 aromatic rings. The molecule has 0 unspecified atom stereocenters. The number of halogens is 1. The van der Waals surface area contributed by atoms with Crippen LogP contribution in [0.4, 0.5) is 5.69 Å². The molecular weight excluding hydrogens is 396 g/mol. The molecule has 0 bridgehead atoms. The van der Waals surface area contributed by atoms with Gasteiger partial charge in [0, 0.05) is 34.1 Å². The lowest BCUT2D eigenvalue weighted by molar-refractivity contribution is -0.115. The van der Waals surface area contributed by atoms with Crippen LogP contribution in [-0.2, 0) is 11.2 Å². The normalized spacial score (nSPS) is 10.9. The molecule has 2 aromatic carbocycles. The highest BCUT2D eigenvalue weighted by atomic mass is 35.5. The number of hydrogen-bond acceptors (Lipinski definition) is 5. The number of benzene rings is 2. The van der Waals surface area contributed by atoms with Crippen LogP contribution in [0, 0.1) is 6.92 Å². The van der Waals surface area contributed by atoms with Crippen LogP contribution >= 0.6 is 22.9 Å². The molecule has 1 amide bonds. The van der Waals surface area contributed by atoms with Crippen LogP contribution < -0.4 is 10.9 Å². The molecule has 0 aliphatic heterocycles. The number of nitrogens with zero attached hydrogens (tertiary/aromatic N) is 1. The van der Waals surface area contributed by atoms with E-state index >= 15 is 0 Å². The van der Waals surface area contributed by atoms with Gasteiger partial charge >= 0.3 is 5.63 Å². The maximum Gasteiger partial charge on any atom is 0.336 e. The van der Waals surface area contributed by atoms with Gasteiger partial charge in [0.25, 0.3) is 0 Å². The first-order valence-electron chi connectivity index (χ1n) is 8.53. The lowest BCUT2D eigenvalue weighted by Gasteiger charge is -2.06. The lowest BCUT2D eigenvalue weighted by atomic mass is 10.1. The summed E-state index contributed by atoms with van der Waals surface area (Å²) in [4.78, 5) is 28.5. The first-order chi connectivity index (χ1) is 13.5. The summed E-state index contributed by atoms with van der Waals surface area (Å²) in [5.41, 5.74) is 2.94. The van der Waals surface area contributed by atoms with Crippen LogP contribution in [0.2, 0.25) is 5.02 Å². The second-order valence-corrected chi connectivity index (χ2v) is 7.57. The molecule has 0 aliphatic rings. The van der Waals surface area contributed by atoms with Gasteiger partial charge in [0.1, 0.15) is 10.6 Å². The molecule has 0 fully saturated rings. The van der Waals surface area contributed by atoms with Gasteiger partial charge in [0.05, 0.1) is 17.1 Å². The average Bonchev–Trinajstić information content (AvgIpc) is 3.09. The summed E-state index contributed by atoms with van der Waals surface area (Å²) in [7, 11) is 0. The van der Waals surface area contributed by atoms with Crippen molar-refractivity contribution in [3.8, 4) is 10.6 Å². The number of aromatic nitrogens is 1. The number of carbonyl (C=O) groups is 1. The van der Waals surface area contributed by atoms with Crippen molar-refractivity contribution in [2.24, 2.45) is 0 Å². The summed E-state index contributed by atoms with van der Waals surface area (Å²) >= 11 is 7.65. The Bertz CT molecular complexity index is 1250. The van der Waals surface area contributed by atoms with Gasteiger partial charge in [0.2, 0.25) is 5.91 Å². The van der Waals surface area contributed by atoms with E-state index in [0.29, 0.717) is 22.0 Å². The van der Waals surface area contributed by atoms with E-state index in [-0.39, 0.29) is 12.3 Å². The fourth-order valence-corrected chi connectivity index (χ4v) is 4.06. The van der Waals surface area contributed by atoms with E-state index in [9.17, 15) is 9.59 Å². The maximum absolute atomic E-state index is 12.4. The summed E-state index contributed by atoms with van der Waals surface area (Å²) in [5, 5.41) is 6.90. The zero-order chi connectivity index (χ0) is 19.7. The molecule has 1 N–H and O–H groups in total. The number of carbonyl (C=O) groups excluding carboxylic acids is 1. The highest BCUT2D eigenvalue weighted by Gasteiger charge is 2.12. The van der Waals surface area contributed by atoms with Crippen molar-refractivity contribution >= 4 is 45.5 Å². The van der Waals surface area contributed by atoms with Crippen LogP contribution in [-0.4, -0.2) is 10.9 Å². The quantitative estimate of drug-likeness (QED) is 0.477. The minimum atomic E-state index is -0.414. The van der Waals surface area contributed by atoms with E-state index in [0.717, 1.165) is 21.5 Å². The van der Waals surface area contributed by atoms with Gasteiger partial charge in [-0.05, 0) is 30.7 Å². The summed E-state index contributed by atoms with van der Waals surface area (Å²) in [5.74, 6) is -0.203. The Balaban J connectivity index is 1.50. The fraction of sp³-hybridized carbons (Fsp3) is 0.0952. The predicted octanol–water partition coefficient (Wildman–Crippen LogP) is 5.06. The number of anilines is 1. The molecule has 0 saturated heterocycles. The molecule has 0 radical (unpaired) electrons. The predicted molar refractivity (Wildman–Crippen MR) is 112 cm³/mol. The van der Waals surface area contributed by atoms with Crippen LogP contribution in [0.25, 0.3) is 21.5 Å². The van der Waals surface area contributed by atoms with Crippen molar-refractivity contribution in [1.29, 1.82) is 0 Å². The monoisotopic (exact) mass is 410 g/mol. The molecule has 7 heteroatoms. The molecule has 0 spiro atoms. The van der Waals surface area contributed by atoms with E-state index < -0.39 is 5.63 Å². The van der Waals surface area contributed by atoms with Gasteiger partial charge in [-0.1, -0.05) is 29.8 Å². The van der Waals surface area contributed by atoms with Crippen molar-refractivity contribution in [1.82, 2.24) is 4.98 Å². The van der Waals surface area contributed by atoms with E-state index in [1.54, 1.807) is 12.1 Å². The number of hydrogen-bond donors (Lipinski definition) is 1. The topological polar surface area (TPSA) is 72.2 Å². The van der Waals surface area contributed by atoms with E-state index in [1.807, 2.05) is 42.6 Å². The number of rotatable bonds is 4. The van der Waals surface area contributed by atoms with Crippen LogP contribution in [0.5, 0.6) is 0 Å². The second kappa shape index (κ2) is 7.58. The average molecular weight is 411 g/mol. The largest absolute Gasteiger partial charge is 0.423 e. The van der Waals surface area contributed by atoms with Crippen molar-refractivity contribution in [3.05, 3.63) is 80.6 Å². The van der Waals surface area contributed by atoms with Crippen molar-refractivity contribution in [2.45, 2.75) is 13.3 Å². The third-order valence-electron chi connectivity index (χ3n) is 4.23. The molecule has 5 nitrogen and oxygen atoms in total. The number of amides is 1. The first-order valence-corrected chi connectivity index (χ1v) is 9.79. The fourth-order valence-electron chi connectivity index (χ4n) is 2.92. The number of aryl methyl sites for hydroxylation is 1. The van der Waals surface area contributed by atoms with Gasteiger partial charge in [-0.3, -0.25) is 4.79 Å². The lowest BCUT2D eigenvalue weighted by Crippen LogP contribution is -2.14. The van der Waals surface area contributed by atoms with Gasteiger partial charge in [0.15, 0.2) is 0 Å². The Morgan fingerprint density at radius 3 is 2.86 bits per heavy atom. The molecule has 4 rings (SSSR count). The van der Waals surface area contributed by atoms with Gasteiger partial charge < -0.3 is 9.73 Å². The van der Waals surface area contributed by atoms with Gasteiger partial charge in [-0.15, -0.1) is 11.3 Å². The second-order valence-electron chi connectivity index (χ2n) is 6.31. The van der Waals surface area contributed by atoms with Crippen LogP contribution in [0.1, 0.15) is 11.3 Å². The Labute approximate surface area is 169 Å². The minimum absolute atomic E-state index is 0.136. The van der Waals surface area contributed by atoms with Crippen molar-refractivity contribution in [3.63, 3.8) is 0 Å². The summed E-state index contributed by atoms with van der Waals surface area (Å²) in [6.45, 7) is 1.84. The molecule has 140 valence electrons. The molecular formula is C21H15ClN2O3S. The highest BCUT2D eigenvalue weighted by molar-refractivity contribution is 7.13. The Kier molecular flexibility index (Phi) is 4.98. The molecule has 0 saturated carbocycles. The third-order valence-corrected chi connectivity index (χ3v) is 5.49. The summed E-state index contributed by atoms with van der Waals surface area (Å²) in [6, 6.07) is 14.2. The van der Waals surface area contributed by atoms with E-state index in [2.05, 4.69) is 10.3 Å². The minimum Gasteiger partial charge on any atom is -0.423 e. The molecule has 0 aliphatic carbocycles. The van der Waals surface area contributed by atoms with E-state index in [4.69, 9.17) is 16.0 Å². The van der Waals surface area contributed by atoms with Gasteiger partial charge in [-0.25, -0.2) is 9.78 Å². The highest BCUT2D eigenvalue weighted by Crippen LogP contribution is 2.30. The Morgan fingerprint density at radius 1 is 1.21 bits per heavy atom. The zero-order valence-electron chi connectivity index (χ0n) is 14.9. The molecule has 0 atom stereocenters. The van der Waals surface area contributed by atoms with Crippen molar-refractivity contribution in [2.75, 3.05) is 5.32 Å². The standard InChI is InChI=1S/C21H15ClN2O3S/c1-12-8-20(26)27-18-9-13(6-7-15(12)18)23-19(25)10-14-11-28-21(24-14)16-4-2-3-5-17(16)22/h2-9,11H,10H2,1H3,(H,23,25). The SMILES string of the molecule is Cc1cc(=O)oc2cc(NC(=O)Cc3csc(-c4ccccc4Cl)n3)ccc12. The Morgan fingerprint density at radius 2 is 2.04 bits per heavy atom. The number of fused-ring (bicyclic) bond motifs is 1. The van der Waals surface area contributed by atoms with Crippen LogP contribution in [0.15, 0.2) is 63.1 Å². The third kappa shape index (κ3) is 3.83. The number of thiazole rings is 1. The zero-order valence-corrected chi connectivity index (χ0v) is 16.4. The van der Waals surface area contributed by atoms with Crippen LogP contribution in [0.3, 0.4) is 0 Å². The maximum atomic E-state index is 12.4. The smallest absolute Gasteiger partial charge is 0.336 e. The first kappa shape index (κ1) is 18.4. The number of nitrogens with one attached hydrogen (secondary N) is 1. The summed E-state index contributed by atoms with van der Waals surface area (Å²) < 4.78 is 5.22. The summed E-state index contributed by atoms with van der Waals surface area (Å²) in [6.07, 6.45) is 0.136.